The molecule has 0 aliphatic heterocycles. The van der Waals surface area contributed by atoms with Crippen LogP contribution >= 0.6 is 0 Å². The molecule has 0 amide bonds. The Bertz CT molecular complexity index is 87.6. The Morgan fingerprint density at radius 1 is 1.00 bits per heavy atom. The third-order valence-electron chi connectivity index (χ3n) is 0. The third kappa shape index (κ3) is 2080. The molecule has 8 heteroatoms. The van der Waals surface area contributed by atoms with Crippen LogP contribution in [0.1, 0.15) is 0 Å². The molecule has 0 fully saturated rings. The van der Waals surface area contributed by atoms with E-state index in [0.717, 1.165) is 0 Å². The predicted octanol–water partition coefficient (Wildman–Crippen LogP) is -1.46. The summed E-state index contributed by atoms with van der Waals surface area (Å²) in [4.78, 5) is 0. The maximum absolute atomic E-state index is 8.74. The Labute approximate surface area is 45.0 Å². The van der Waals surface area contributed by atoms with Crippen molar-refractivity contribution in [2.24, 2.45) is 0 Å². The normalized spacial score (nSPS) is 8.00. The van der Waals surface area contributed by atoms with Crippen LogP contribution in [0.5, 0.6) is 0 Å². The monoisotopic (exact) mass is 150 g/mol. The van der Waals surface area contributed by atoms with Crippen LogP contribution in [0.2, 0.25) is 0 Å². The lowest BCUT2D eigenvalue weighted by Crippen LogP contribution is -1.89. The number of rotatable bonds is 0. The van der Waals surface area contributed by atoms with Gasteiger partial charge in [-0.05, 0) is 0 Å². The molecule has 0 bridgehead atoms. The van der Waals surface area contributed by atoms with Crippen LogP contribution in [0.25, 0.3) is 0 Å². The largest absolute Gasteiger partial charge is 0.412 e. The molecule has 0 heterocycles. The zero-order valence-corrected chi connectivity index (χ0v) is 4.33. The standard InChI is InChI=1S/H2O4S.H2O2.H2O/c1-5(2,3)4;1-2;/h(H2,1,2,3,4);1-2H;1H2. The van der Waals surface area contributed by atoms with Gasteiger partial charge in [0.25, 0.3) is 0 Å². The van der Waals surface area contributed by atoms with Gasteiger partial charge in [-0.2, -0.15) is 8.42 Å². The highest BCUT2D eigenvalue weighted by Crippen LogP contribution is 1.59. The Morgan fingerprint density at radius 2 is 1.00 bits per heavy atom. The first-order chi connectivity index (χ1) is 3.00. The van der Waals surface area contributed by atoms with Gasteiger partial charge in [-0.3, -0.25) is 19.6 Å². The van der Waals surface area contributed by atoms with Crippen molar-refractivity contribution in [3.63, 3.8) is 0 Å². The fraction of sp³-hybridized carbons (Fsp3) is 0. The van der Waals surface area contributed by atoms with Crippen molar-refractivity contribution in [2.75, 3.05) is 0 Å². The Morgan fingerprint density at radius 3 is 1.00 bits per heavy atom. The summed E-state index contributed by atoms with van der Waals surface area (Å²) >= 11 is 0. The van der Waals surface area contributed by atoms with E-state index in [4.69, 9.17) is 28.0 Å². The van der Waals surface area contributed by atoms with E-state index in [9.17, 15) is 0 Å². The summed E-state index contributed by atoms with van der Waals surface area (Å²) in [6.45, 7) is 0. The minimum absolute atomic E-state index is 0. The molecule has 0 unspecified atom stereocenters. The van der Waals surface area contributed by atoms with Crippen LogP contribution < -0.4 is 0 Å². The third-order valence-corrected chi connectivity index (χ3v) is 0. The molecule has 0 aliphatic carbocycles. The number of hydrogen-bond acceptors (Lipinski definition) is 4. The summed E-state index contributed by atoms with van der Waals surface area (Å²) in [5.41, 5.74) is 0. The van der Waals surface area contributed by atoms with Gasteiger partial charge in [-0.1, -0.05) is 0 Å². The van der Waals surface area contributed by atoms with Crippen LogP contribution in [0.4, 0.5) is 0 Å². The lowest BCUT2D eigenvalue weighted by Gasteiger charge is -1.68. The first-order valence-electron chi connectivity index (χ1n) is 0.898. The van der Waals surface area contributed by atoms with Gasteiger partial charge < -0.3 is 5.48 Å². The minimum Gasteiger partial charge on any atom is -0.412 e. The zero-order chi connectivity index (χ0) is 6.50. The molecule has 0 saturated heterocycles. The van der Waals surface area contributed by atoms with Crippen molar-refractivity contribution in [3.8, 4) is 0 Å². The molecule has 0 aromatic rings. The summed E-state index contributed by atoms with van der Waals surface area (Å²) in [5.74, 6) is 0. The van der Waals surface area contributed by atoms with E-state index < -0.39 is 10.4 Å². The van der Waals surface area contributed by atoms with E-state index in [1.165, 1.54) is 0 Å². The fourth-order valence-electron chi connectivity index (χ4n) is 0. The molecule has 54 valence electrons. The Balaban J connectivity index is -0.0000000750. The van der Waals surface area contributed by atoms with Crippen molar-refractivity contribution in [2.45, 2.75) is 0 Å². The maximum atomic E-state index is 8.74. The van der Waals surface area contributed by atoms with Gasteiger partial charge in [0.05, 0.1) is 0 Å². The molecule has 0 saturated carbocycles. The first kappa shape index (κ1) is 15.7. The van der Waals surface area contributed by atoms with Gasteiger partial charge in [-0.25, -0.2) is 0 Å². The van der Waals surface area contributed by atoms with E-state index >= 15 is 0 Å². The van der Waals surface area contributed by atoms with Gasteiger partial charge >= 0.3 is 10.4 Å². The lowest BCUT2D eigenvalue weighted by atomic mass is 15.0. The molecule has 0 aromatic heterocycles. The van der Waals surface area contributed by atoms with Gasteiger partial charge in [0.15, 0.2) is 0 Å². The van der Waals surface area contributed by atoms with Crippen molar-refractivity contribution < 1.29 is 33.5 Å². The van der Waals surface area contributed by atoms with Gasteiger partial charge in [0, 0.05) is 0 Å². The highest BCUT2D eigenvalue weighted by Gasteiger charge is 1.84. The molecule has 0 spiro atoms. The fourth-order valence-corrected chi connectivity index (χ4v) is 0. The van der Waals surface area contributed by atoms with Crippen molar-refractivity contribution in [1.82, 2.24) is 0 Å². The van der Waals surface area contributed by atoms with Crippen LogP contribution in [-0.2, 0) is 10.4 Å². The highest BCUT2D eigenvalue weighted by molar-refractivity contribution is 7.79. The van der Waals surface area contributed by atoms with E-state index in [0.29, 0.717) is 0 Å². The van der Waals surface area contributed by atoms with E-state index in [1.807, 2.05) is 0 Å². The molecular formula is H6O7S. The summed E-state index contributed by atoms with van der Waals surface area (Å²) < 4.78 is 31.6. The predicted molar refractivity (Wildman–Crippen MR) is 23.0 cm³/mol. The molecule has 0 rings (SSSR count). The second-order valence-electron chi connectivity index (χ2n) is 0.448. The summed E-state index contributed by atoms with van der Waals surface area (Å²) in [5, 5.41) is 12.0. The smallest absolute Gasteiger partial charge is 0.394 e. The van der Waals surface area contributed by atoms with E-state index in [2.05, 4.69) is 0 Å². The molecule has 0 aliphatic rings. The van der Waals surface area contributed by atoms with Gasteiger partial charge in [0.2, 0.25) is 0 Å². The van der Waals surface area contributed by atoms with Crippen molar-refractivity contribution >= 4 is 10.4 Å². The average molecular weight is 150 g/mol. The quantitative estimate of drug-likeness (QED) is 0.188. The summed E-state index contributed by atoms with van der Waals surface area (Å²) in [6, 6.07) is 0. The summed E-state index contributed by atoms with van der Waals surface area (Å²) in [6.07, 6.45) is 0. The number of hydrogen-bond donors (Lipinski definition) is 4. The van der Waals surface area contributed by atoms with Gasteiger partial charge in [0.1, 0.15) is 0 Å². The molecule has 7 nitrogen and oxygen atoms in total. The van der Waals surface area contributed by atoms with Crippen molar-refractivity contribution in [3.05, 3.63) is 0 Å². The average Bonchev–Trinajstić information content (AvgIpc) is 1.36. The van der Waals surface area contributed by atoms with E-state index in [-0.39, 0.29) is 5.48 Å². The van der Waals surface area contributed by atoms with Gasteiger partial charge in [-0.15, -0.1) is 0 Å². The second kappa shape index (κ2) is 6.75. The molecular weight excluding hydrogens is 144 g/mol. The van der Waals surface area contributed by atoms with E-state index in [1.54, 1.807) is 0 Å². The lowest BCUT2D eigenvalue weighted by molar-refractivity contribution is -0.176. The topological polar surface area (TPSA) is 147 Å². The Hall–Kier alpha value is -0.250. The van der Waals surface area contributed by atoms with Crippen LogP contribution in [0.15, 0.2) is 0 Å². The SMILES string of the molecule is O.O=S(=O)(O)O.OO. The molecule has 8 heavy (non-hydrogen) atoms. The molecule has 0 aromatic carbocycles. The zero-order valence-electron chi connectivity index (χ0n) is 3.51. The Kier molecular flexibility index (Phi) is 13.2. The molecule has 0 atom stereocenters. The molecule has 0 radical (unpaired) electrons. The first-order valence-corrected chi connectivity index (χ1v) is 2.30. The van der Waals surface area contributed by atoms with Crippen molar-refractivity contribution in [1.29, 1.82) is 0 Å². The van der Waals surface area contributed by atoms with Crippen LogP contribution in [-0.4, -0.2) is 33.5 Å². The minimum atomic E-state index is -4.67. The maximum Gasteiger partial charge on any atom is 0.394 e. The molecule has 6 N–H and O–H groups in total. The van der Waals surface area contributed by atoms with Crippen LogP contribution in [0.3, 0.4) is 0 Å². The van der Waals surface area contributed by atoms with Crippen LogP contribution in [0, 0.1) is 0 Å². The second-order valence-corrected chi connectivity index (χ2v) is 1.34. The highest BCUT2D eigenvalue weighted by atomic mass is 32.3. The summed E-state index contributed by atoms with van der Waals surface area (Å²) in [7, 11) is -4.67.